The molecular weight excluding hydrogens is 403 g/mol. The van der Waals surface area contributed by atoms with Gasteiger partial charge in [0.05, 0.1) is 11.1 Å². The van der Waals surface area contributed by atoms with E-state index in [9.17, 15) is 0 Å². The number of thiophene rings is 1. The molecule has 0 aliphatic heterocycles. The molecule has 102 valence electrons. The van der Waals surface area contributed by atoms with E-state index in [1.54, 1.807) is 11.3 Å². The van der Waals surface area contributed by atoms with Crippen molar-refractivity contribution in [3.63, 3.8) is 0 Å². The van der Waals surface area contributed by atoms with Crippen molar-refractivity contribution in [2.45, 2.75) is 6.04 Å². The number of nitrogens with two attached hydrogens (primary N) is 1. The van der Waals surface area contributed by atoms with Crippen LogP contribution in [0.5, 0.6) is 0 Å². The zero-order valence-corrected chi connectivity index (χ0v) is 14.2. The first-order valence-corrected chi connectivity index (χ1v) is 8.41. The van der Waals surface area contributed by atoms with Crippen molar-refractivity contribution in [1.29, 1.82) is 0 Å². The van der Waals surface area contributed by atoms with Gasteiger partial charge in [0.25, 0.3) is 0 Å². The molecule has 0 fully saturated rings. The van der Waals surface area contributed by atoms with Crippen LogP contribution in [0.1, 0.15) is 17.2 Å². The van der Waals surface area contributed by atoms with E-state index in [0.717, 1.165) is 14.2 Å². The Morgan fingerprint density at radius 2 is 2.05 bits per heavy atom. The summed E-state index contributed by atoms with van der Waals surface area (Å²) in [6.07, 6.45) is 0. The van der Waals surface area contributed by atoms with E-state index in [0.29, 0.717) is 0 Å². The van der Waals surface area contributed by atoms with Gasteiger partial charge >= 0.3 is 0 Å². The van der Waals surface area contributed by atoms with Crippen molar-refractivity contribution in [3.8, 4) is 0 Å². The van der Waals surface area contributed by atoms with Crippen molar-refractivity contribution < 1.29 is 0 Å². The van der Waals surface area contributed by atoms with Gasteiger partial charge in [-0.25, -0.2) is 5.43 Å². The molecule has 1 atom stereocenters. The molecule has 3 aromatic rings. The van der Waals surface area contributed by atoms with Gasteiger partial charge in [0, 0.05) is 8.27 Å². The molecule has 1 unspecified atom stereocenters. The lowest BCUT2D eigenvalue weighted by molar-refractivity contribution is 0.641. The maximum absolute atomic E-state index is 6.23. The third kappa shape index (κ3) is 2.58. The van der Waals surface area contributed by atoms with E-state index in [4.69, 9.17) is 17.4 Å². The van der Waals surface area contributed by atoms with E-state index < -0.39 is 0 Å². The lowest BCUT2D eigenvalue weighted by Gasteiger charge is -2.18. The highest BCUT2D eigenvalue weighted by atomic mass is 127. The van der Waals surface area contributed by atoms with E-state index in [-0.39, 0.29) is 6.04 Å². The van der Waals surface area contributed by atoms with Gasteiger partial charge in [0.2, 0.25) is 0 Å². The van der Waals surface area contributed by atoms with Gasteiger partial charge in [-0.15, -0.1) is 11.3 Å². The first-order valence-electron chi connectivity index (χ1n) is 6.08. The first kappa shape index (κ1) is 14.3. The average molecular weight is 415 g/mol. The molecule has 2 nitrogen and oxygen atoms in total. The number of hydrazine groups is 1. The molecule has 1 aromatic heterocycles. The Morgan fingerprint density at radius 3 is 2.80 bits per heavy atom. The number of nitrogens with one attached hydrogen (secondary N) is 1. The Labute approximate surface area is 140 Å². The molecule has 3 N–H and O–H groups in total. The summed E-state index contributed by atoms with van der Waals surface area (Å²) in [4.78, 5) is 0. The van der Waals surface area contributed by atoms with Crippen LogP contribution >= 0.6 is 45.5 Å². The summed E-state index contributed by atoms with van der Waals surface area (Å²) in [5.74, 6) is 5.79. The zero-order valence-electron chi connectivity index (χ0n) is 10.4. The zero-order chi connectivity index (χ0) is 14.1. The highest BCUT2D eigenvalue weighted by Crippen LogP contribution is 2.33. The SMILES string of the molecule is NNC(c1ccc(I)c(Cl)c1)c1cccc2ccsc12. The third-order valence-electron chi connectivity index (χ3n) is 3.26. The van der Waals surface area contributed by atoms with Gasteiger partial charge in [-0.05, 0) is 62.7 Å². The Kier molecular flexibility index (Phi) is 4.28. The van der Waals surface area contributed by atoms with Gasteiger partial charge < -0.3 is 0 Å². The summed E-state index contributed by atoms with van der Waals surface area (Å²) < 4.78 is 2.29. The molecule has 0 aliphatic rings. The quantitative estimate of drug-likeness (QED) is 0.370. The molecule has 0 spiro atoms. The van der Waals surface area contributed by atoms with Crippen molar-refractivity contribution in [1.82, 2.24) is 5.43 Å². The van der Waals surface area contributed by atoms with Crippen LogP contribution in [0.25, 0.3) is 10.1 Å². The molecule has 2 aromatic carbocycles. The molecule has 0 saturated carbocycles. The van der Waals surface area contributed by atoms with Crippen molar-refractivity contribution >= 4 is 55.6 Å². The predicted octanol–water partition coefficient (Wildman–Crippen LogP) is 4.71. The van der Waals surface area contributed by atoms with Crippen LogP contribution in [-0.2, 0) is 0 Å². The first-order chi connectivity index (χ1) is 9.70. The van der Waals surface area contributed by atoms with Crippen LogP contribution in [0.15, 0.2) is 47.8 Å². The number of halogens is 2. The topological polar surface area (TPSA) is 38.0 Å². The average Bonchev–Trinajstić information content (AvgIpc) is 2.93. The number of benzene rings is 2. The van der Waals surface area contributed by atoms with E-state index in [1.807, 2.05) is 12.1 Å². The van der Waals surface area contributed by atoms with Crippen LogP contribution in [0, 0.1) is 3.57 Å². The van der Waals surface area contributed by atoms with Crippen LogP contribution in [-0.4, -0.2) is 0 Å². The van der Waals surface area contributed by atoms with Gasteiger partial charge in [-0.1, -0.05) is 35.9 Å². The normalized spacial score (nSPS) is 12.8. The van der Waals surface area contributed by atoms with Crippen LogP contribution in [0.3, 0.4) is 0 Å². The number of fused-ring (bicyclic) bond motifs is 1. The van der Waals surface area contributed by atoms with Crippen molar-refractivity contribution in [2.24, 2.45) is 5.84 Å². The Bertz CT molecular complexity index is 756. The summed E-state index contributed by atoms with van der Waals surface area (Å²) in [5, 5.41) is 4.09. The Hall–Kier alpha value is -0.660. The minimum absolute atomic E-state index is 0.0631. The van der Waals surface area contributed by atoms with Crippen LogP contribution in [0.4, 0.5) is 0 Å². The molecule has 0 bridgehead atoms. The standard InChI is InChI=1S/C15H12ClIN2S/c16-12-8-10(4-5-13(12)17)14(19-18)11-3-1-2-9-6-7-20-15(9)11/h1-8,14,19H,18H2. The third-order valence-corrected chi connectivity index (χ3v) is 5.82. The van der Waals surface area contributed by atoms with Gasteiger partial charge in [-0.3, -0.25) is 5.84 Å². The number of rotatable bonds is 3. The maximum Gasteiger partial charge on any atom is 0.0724 e. The van der Waals surface area contributed by atoms with Crippen molar-refractivity contribution in [2.75, 3.05) is 0 Å². The number of hydrogen-bond acceptors (Lipinski definition) is 3. The molecule has 3 rings (SSSR count). The van der Waals surface area contributed by atoms with Crippen molar-refractivity contribution in [3.05, 3.63) is 67.6 Å². The summed E-state index contributed by atoms with van der Waals surface area (Å²) in [7, 11) is 0. The molecule has 20 heavy (non-hydrogen) atoms. The second-order valence-electron chi connectivity index (χ2n) is 4.46. The predicted molar refractivity (Wildman–Crippen MR) is 95.2 cm³/mol. The van der Waals surface area contributed by atoms with Crippen LogP contribution < -0.4 is 11.3 Å². The molecule has 5 heteroatoms. The summed E-state index contributed by atoms with van der Waals surface area (Å²) in [5.41, 5.74) is 5.16. The fraction of sp³-hybridized carbons (Fsp3) is 0.0667. The largest absolute Gasteiger partial charge is 0.271 e. The Balaban J connectivity index is 2.13. The minimum Gasteiger partial charge on any atom is -0.271 e. The maximum atomic E-state index is 6.23. The summed E-state index contributed by atoms with van der Waals surface area (Å²) >= 11 is 10.2. The number of hydrogen-bond donors (Lipinski definition) is 2. The lowest BCUT2D eigenvalue weighted by Crippen LogP contribution is -2.28. The second-order valence-corrected chi connectivity index (χ2v) is 6.94. The highest BCUT2D eigenvalue weighted by Gasteiger charge is 2.16. The minimum atomic E-state index is -0.0631. The van der Waals surface area contributed by atoms with Crippen LogP contribution in [0.2, 0.25) is 5.02 Å². The van der Waals surface area contributed by atoms with Gasteiger partial charge in [0.1, 0.15) is 0 Å². The smallest absolute Gasteiger partial charge is 0.0724 e. The fourth-order valence-corrected chi connectivity index (χ4v) is 3.77. The van der Waals surface area contributed by atoms with Gasteiger partial charge in [-0.2, -0.15) is 0 Å². The summed E-state index contributed by atoms with van der Waals surface area (Å²) in [6.45, 7) is 0. The Morgan fingerprint density at radius 1 is 1.20 bits per heavy atom. The molecular formula is C15H12ClIN2S. The molecule has 0 amide bonds. The van der Waals surface area contributed by atoms with E-state index >= 15 is 0 Å². The lowest BCUT2D eigenvalue weighted by atomic mass is 9.98. The molecule has 0 saturated heterocycles. The fourth-order valence-electron chi connectivity index (χ4n) is 2.30. The monoisotopic (exact) mass is 414 g/mol. The highest BCUT2D eigenvalue weighted by molar-refractivity contribution is 14.1. The molecule has 0 radical (unpaired) electrons. The molecule has 0 aliphatic carbocycles. The van der Waals surface area contributed by atoms with E-state index in [2.05, 4.69) is 63.7 Å². The van der Waals surface area contributed by atoms with E-state index in [1.165, 1.54) is 15.6 Å². The second kappa shape index (κ2) is 5.99. The summed E-state index contributed by atoms with van der Waals surface area (Å²) in [6, 6.07) is 14.4. The van der Waals surface area contributed by atoms with Gasteiger partial charge in [0.15, 0.2) is 0 Å². The molecule has 1 heterocycles.